The number of alkyl halides is 2. The Bertz CT molecular complexity index is 433. The van der Waals surface area contributed by atoms with Crippen LogP contribution >= 0.6 is 0 Å². The summed E-state index contributed by atoms with van der Waals surface area (Å²) in [5.41, 5.74) is -0.748. The summed E-state index contributed by atoms with van der Waals surface area (Å²) in [5, 5.41) is 0. The van der Waals surface area contributed by atoms with Crippen LogP contribution in [-0.2, 0) is 14.3 Å². The van der Waals surface area contributed by atoms with Crippen molar-refractivity contribution in [3.05, 3.63) is 0 Å². The first kappa shape index (κ1) is 15.0. The van der Waals surface area contributed by atoms with Crippen molar-refractivity contribution in [2.45, 2.75) is 57.2 Å². The van der Waals surface area contributed by atoms with Gasteiger partial charge in [0.2, 0.25) is 0 Å². The number of carbonyl (C=O) groups excluding carboxylic acids is 2. The number of esters is 1. The summed E-state index contributed by atoms with van der Waals surface area (Å²) in [5.74, 6) is -4.95. The molecule has 1 aliphatic heterocycles. The van der Waals surface area contributed by atoms with Crippen LogP contribution in [0.4, 0.5) is 13.6 Å². The Kier molecular flexibility index (Phi) is 3.42. The van der Waals surface area contributed by atoms with Crippen LogP contribution in [0.2, 0.25) is 0 Å². The van der Waals surface area contributed by atoms with E-state index in [4.69, 9.17) is 4.74 Å². The van der Waals surface area contributed by atoms with Crippen LogP contribution < -0.4 is 0 Å². The molecule has 1 aliphatic carbocycles. The number of amides is 1. The fourth-order valence-corrected chi connectivity index (χ4v) is 2.98. The summed E-state index contributed by atoms with van der Waals surface area (Å²) in [4.78, 5) is 25.0. The lowest BCUT2D eigenvalue weighted by Gasteiger charge is -2.37. The number of hydrogen-bond donors (Lipinski definition) is 0. The molecule has 0 aromatic heterocycles. The molecule has 1 saturated heterocycles. The molecule has 1 amide bonds. The Labute approximate surface area is 116 Å². The Morgan fingerprint density at radius 1 is 1.30 bits per heavy atom. The van der Waals surface area contributed by atoms with Gasteiger partial charge in [0.25, 0.3) is 5.92 Å². The number of nitrogens with zero attached hydrogens (tertiary/aromatic N) is 1. The molecule has 2 aliphatic rings. The standard InChI is InChI=1S/C13H19F2NO4/c1-12(2,3)20-11(18)16-7-5-8(13(14,15)6-7)9(16)10(17)19-4/h7-9H,5-6H2,1-4H3/t7?,8?,9-/m1/s1. The predicted octanol–water partition coefficient (Wildman–Crippen LogP) is 2.19. The number of piperidine rings is 1. The smallest absolute Gasteiger partial charge is 0.411 e. The Hall–Kier alpha value is -1.40. The van der Waals surface area contributed by atoms with Crippen LogP contribution in [0.15, 0.2) is 0 Å². The second kappa shape index (κ2) is 4.56. The van der Waals surface area contributed by atoms with Crippen molar-refractivity contribution in [3.63, 3.8) is 0 Å². The van der Waals surface area contributed by atoms with E-state index in [9.17, 15) is 18.4 Å². The molecule has 0 spiro atoms. The number of ether oxygens (including phenoxy) is 2. The maximum atomic E-state index is 13.8. The highest BCUT2D eigenvalue weighted by molar-refractivity contribution is 5.83. The third-order valence-electron chi connectivity index (χ3n) is 3.70. The Balaban J connectivity index is 2.24. The molecule has 3 atom stereocenters. The van der Waals surface area contributed by atoms with Crippen LogP contribution in [0.1, 0.15) is 33.6 Å². The third kappa shape index (κ3) is 2.45. The first-order chi connectivity index (χ1) is 9.07. The molecule has 0 aromatic rings. The summed E-state index contributed by atoms with van der Waals surface area (Å²) in [6.07, 6.45) is -1.06. The van der Waals surface area contributed by atoms with Crippen molar-refractivity contribution in [1.29, 1.82) is 0 Å². The summed E-state index contributed by atoms with van der Waals surface area (Å²) >= 11 is 0. The first-order valence-electron chi connectivity index (χ1n) is 6.54. The summed E-state index contributed by atoms with van der Waals surface area (Å²) in [6.45, 7) is 5.04. The second-order valence-corrected chi connectivity index (χ2v) is 6.32. The maximum Gasteiger partial charge on any atom is 0.411 e. The first-order valence-corrected chi connectivity index (χ1v) is 6.54. The lowest BCUT2D eigenvalue weighted by atomic mass is 9.95. The second-order valence-electron chi connectivity index (χ2n) is 6.32. The van der Waals surface area contributed by atoms with Crippen molar-refractivity contribution in [2.75, 3.05) is 7.11 Å². The van der Waals surface area contributed by atoms with E-state index < -0.39 is 48.0 Å². The summed E-state index contributed by atoms with van der Waals surface area (Å²) in [7, 11) is 1.12. The van der Waals surface area contributed by atoms with E-state index in [2.05, 4.69) is 4.74 Å². The highest BCUT2D eigenvalue weighted by Gasteiger charge is 2.65. The quantitative estimate of drug-likeness (QED) is 0.695. The minimum atomic E-state index is -2.94. The number of fused-ring (bicyclic) bond motifs is 2. The number of methoxy groups -OCH3 is 1. The Morgan fingerprint density at radius 3 is 2.40 bits per heavy atom. The monoisotopic (exact) mass is 291 g/mol. The highest BCUT2D eigenvalue weighted by atomic mass is 19.3. The van der Waals surface area contributed by atoms with Gasteiger partial charge in [-0.3, -0.25) is 4.90 Å². The van der Waals surface area contributed by atoms with Crippen molar-refractivity contribution < 1.29 is 27.8 Å². The predicted molar refractivity (Wildman–Crippen MR) is 65.3 cm³/mol. The average molecular weight is 291 g/mol. The van der Waals surface area contributed by atoms with Crippen molar-refractivity contribution in [3.8, 4) is 0 Å². The molecular weight excluding hydrogens is 272 g/mol. The van der Waals surface area contributed by atoms with Gasteiger partial charge in [0.1, 0.15) is 11.6 Å². The number of halogens is 2. The van der Waals surface area contributed by atoms with Crippen molar-refractivity contribution in [1.82, 2.24) is 4.90 Å². The van der Waals surface area contributed by atoms with E-state index in [1.165, 1.54) is 0 Å². The molecule has 20 heavy (non-hydrogen) atoms. The lowest BCUT2D eigenvalue weighted by molar-refractivity contribution is -0.158. The van der Waals surface area contributed by atoms with Crippen LogP contribution in [0.25, 0.3) is 0 Å². The van der Waals surface area contributed by atoms with Crippen molar-refractivity contribution >= 4 is 12.1 Å². The van der Waals surface area contributed by atoms with Gasteiger partial charge in [0, 0.05) is 12.5 Å². The molecule has 2 bridgehead atoms. The molecule has 7 heteroatoms. The van der Waals surface area contributed by atoms with Gasteiger partial charge < -0.3 is 9.47 Å². The zero-order valence-electron chi connectivity index (χ0n) is 12.0. The average Bonchev–Trinajstić information content (AvgIpc) is 2.77. The van der Waals surface area contributed by atoms with E-state index in [1.807, 2.05) is 0 Å². The fourth-order valence-electron chi connectivity index (χ4n) is 2.98. The largest absolute Gasteiger partial charge is 0.467 e. The SMILES string of the molecule is COC(=O)[C@H]1C2CC(CC2(F)F)N1C(=O)OC(C)(C)C. The van der Waals surface area contributed by atoms with Crippen LogP contribution in [0, 0.1) is 5.92 Å². The van der Waals surface area contributed by atoms with E-state index in [1.54, 1.807) is 20.8 Å². The molecule has 1 saturated carbocycles. The van der Waals surface area contributed by atoms with E-state index in [0.29, 0.717) is 0 Å². The molecule has 0 radical (unpaired) electrons. The number of carbonyl (C=O) groups is 2. The molecule has 114 valence electrons. The number of likely N-dealkylation sites (tertiary alicyclic amines) is 1. The molecule has 2 fully saturated rings. The van der Waals surface area contributed by atoms with Gasteiger partial charge in [-0.15, -0.1) is 0 Å². The number of rotatable bonds is 1. The topological polar surface area (TPSA) is 55.8 Å². The van der Waals surface area contributed by atoms with Crippen LogP contribution in [-0.4, -0.2) is 47.7 Å². The van der Waals surface area contributed by atoms with Crippen molar-refractivity contribution in [2.24, 2.45) is 5.92 Å². The molecule has 2 unspecified atom stereocenters. The zero-order valence-corrected chi connectivity index (χ0v) is 12.0. The van der Waals surface area contributed by atoms with E-state index in [0.717, 1.165) is 12.0 Å². The van der Waals surface area contributed by atoms with Gasteiger partial charge in [-0.05, 0) is 27.2 Å². The lowest BCUT2D eigenvalue weighted by Crippen LogP contribution is -2.55. The van der Waals surface area contributed by atoms with Crippen LogP contribution in [0.5, 0.6) is 0 Å². The zero-order chi connectivity index (χ0) is 15.3. The van der Waals surface area contributed by atoms with Gasteiger partial charge in [0.15, 0.2) is 0 Å². The molecular formula is C13H19F2NO4. The summed E-state index contributed by atoms with van der Waals surface area (Å²) in [6, 6.07) is -1.93. The Morgan fingerprint density at radius 2 is 1.90 bits per heavy atom. The summed E-state index contributed by atoms with van der Waals surface area (Å²) < 4.78 is 37.3. The van der Waals surface area contributed by atoms with Gasteiger partial charge in [-0.2, -0.15) is 0 Å². The minimum absolute atomic E-state index is 0.103. The third-order valence-corrected chi connectivity index (χ3v) is 3.70. The normalized spacial score (nSPS) is 31.3. The van der Waals surface area contributed by atoms with Crippen LogP contribution in [0.3, 0.4) is 0 Å². The van der Waals surface area contributed by atoms with Gasteiger partial charge >= 0.3 is 12.1 Å². The maximum absolute atomic E-state index is 13.8. The van der Waals surface area contributed by atoms with E-state index in [-0.39, 0.29) is 6.42 Å². The van der Waals surface area contributed by atoms with Gasteiger partial charge in [0.05, 0.1) is 13.0 Å². The highest BCUT2D eigenvalue weighted by Crippen LogP contribution is 2.52. The number of hydrogen-bond acceptors (Lipinski definition) is 4. The molecule has 5 nitrogen and oxygen atoms in total. The fraction of sp³-hybridized carbons (Fsp3) is 0.846. The molecule has 1 heterocycles. The molecule has 0 N–H and O–H groups in total. The van der Waals surface area contributed by atoms with E-state index >= 15 is 0 Å². The van der Waals surface area contributed by atoms with Gasteiger partial charge in [-0.25, -0.2) is 18.4 Å². The molecule has 2 rings (SSSR count). The molecule has 0 aromatic carbocycles. The minimum Gasteiger partial charge on any atom is -0.467 e. The van der Waals surface area contributed by atoms with Gasteiger partial charge in [-0.1, -0.05) is 0 Å².